The summed E-state index contributed by atoms with van der Waals surface area (Å²) in [6.07, 6.45) is 5.82. The average molecular weight is 442 g/mol. The SMILES string of the molecule is CCNC(=NCC(C)(C)C(=O)NC)NC1CCC(SC)C1.I. The number of rotatable bonds is 6. The number of guanidine groups is 1. The molecule has 2 atom stereocenters. The molecular weight excluding hydrogens is 411 g/mol. The Balaban J connectivity index is 0.00000441. The molecule has 0 aromatic rings. The van der Waals surface area contributed by atoms with Crippen molar-refractivity contribution >= 4 is 47.6 Å². The highest BCUT2D eigenvalue weighted by Crippen LogP contribution is 2.28. The molecule has 22 heavy (non-hydrogen) atoms. The lowest BCUT2D eigenvalue weighted by molar-refractivity contribution is -0.128. The van der Waals surface area contributed by atoms with Crippen molar-refractivity contribution in [2.24, 2.45) is 10.4 Å². The van der Waals surface area contributed by atoms with Crippen molar-refractivity contribution in [3.63, 3.8) is 0 Å². The molecule has 0 saturated heterocycles. The van der Waals surface area contributed by atoms with Crippen molar-refractivity contribution in [2.75, 3.05) is 26.4 Å². The van der Waals surface area contributed by atoms with E-state index in [4.69, 9.17) is 0 Å². The number of carbonyl (C=O) groups excluding carboxylic acids is 1. The third-order valence-corrected chi connectivity index (χ3v) is 4.97. The van der Waals surface area contributed by atoms with Crippen LogP contribution in [0.3, 0.4) is 0 Å². The maximum absolute atomic E-state index is 11.8. The zero-order chi connectivity index (χ0) is 15.9. The molecule has 1 saturated carbocycles. The van der Waals surface area contributed by atoms with E-state index in [1.807, 2.05) is 25.6 Å². The zero-order valence-corrected chi connectivity index (χ0v) is 17.5. The van der Waals surface area contributed by atoms with Gasteiger partial charge in [-0.05, 0) is 46.3 Å². The smallest absolute Gasteiger partial charge is 0.227 e. The fourth-order valence-electron chi connectivity index (χ4n) is 2.49. The summed E-state index contributed by atoms with van der Waals surface area (Å²) >= 11 is 1.95. The van der Waals surface area contributed by atoms with Crippen molar-refractivity contribution in [1.82, 2.24) is 16.0 Å². The van der Waals surface area contributed by atoms with Crippen molar-refractivity contribution < 1.29 is 4.79 Å². The van der Waals surface area contributed by atoms with Gasteiger partial charge < -0.3 is 16.0 Å². The number of amides is 1. The van der Waals surface area contributed by atoms with Gasteiger partial charge in [-0.2, -0.15) is 11.8 Å². The molecule has 1 aliphatic carbocycles. The molecule has 2 unspecified atom stereocenters. The summed E-state index contributed by atoms with van der Waals surface area (Å²) in [5.74, 6) is 0.839. The monoisotopic (exact) mass is 442 g/mol. The van der Waals surface area contributed by atoms with E-state index in [0.29, 0.717) is 12.6 Å². The molecule has 1 amide bonds. The Bertz CT molecular complexity index is 377. The van der Waals surface area contributed by atoms with Crippen LogP contribution in [0.1, 0.15) is 40.0 Å². The van der Waals surface area contributed by atoms with Crippen molar-refractivity contribution in [3.05, 3.63) is 0 Å². The predicted octanol–water partition coefficient (Wildman–Crippen LogP) is 2.22. The van der Waals surface area contributed by atoms with Crippen molar-refractivity contribution in [2.45, 2.75) is 51.3 Å². The fourth-order valence-corrected chi connectivity index (χ4v) is 3.28. The summed E-state index contributed by atoms with van der Waals surface area (Å²) in [5.41, 5.74) is -0.491. The lowest BCUT2D eigenvalue weighted by Crippen LogP contribution is -2.44. The summed E-state index contributed by atoms with van der Waals surface area (Å²) in [7, 11) is 1.67. The third kappa shape index (κ3) is 6.93. The molecule has 0 aromatic heterocycles. The normalized spacial score (nSPS) is 22.0. The van der Waals surface area contributed by atoms with Gasteiger partial charge in [0.25, 0.3) is 0 Å². The van der Waals surface area contributed by atoms with E-state index in [2.05, 4.69) is 34.1 Å². The first-order valence-electron chi connectivity index (χ1n) is 7.72. The summed E-state index contributed by atoms with van der Waals surface area (Å²) in [6.45, 7) is 7.18. The van der Waals surface area contributed by atoms with Gasteiger partial charge >= 0.3 is 0 Å². The van der Waals surface area contributed by atoms with Gasteiger partial charge in [0.1, 0.15) is 0 Å². The summed E-state index contributed by atoms with van der Waals surface area (Å²) in [5, 5.41) is 10.2. The molecule has 0 radical (unpaired) electrons. The van der Waals surface area contributed by atoms with Crippen LogP contribution in [0.4, 0.5) is 0 Å². The highest BCUT2D eigenvalue weighted by molar-refractivity contribution is 14.0. The number of hydrogen-bond acceptors (Lipinski definition) is 3. The van der Waals surface area contributed by atoms with E-state index in [9.17, 15) is 4.79 Å². The Kier molecular flexibility index (Phi) is 10.5. The number of hydrogen-bond donors (Lipinski definition) is 3. The first-order chi connectivity index (χ1) is 9.92. The zero-order valence-electron chi connectivity index (χ0n) is 14.4. The molecule has 0 spiro atoms. The van der Waals surface area contributed by atoms with E-state index >= 15 is 0 Å². The lowest BCUT2D eigenvalue weighted by Gasteiger charge is -2.22. The fraction of sp³-hybridized carbons (Fsp3) is 0.867. The van der Waals surface area contributed by atoms with Crippen LogP contribution in [0.25, 0.3) is 0 Å². The van der Waals surface area contributed by atoms with Crippen LogP contribution in [0, 0.1) is 5.41 Å². The molecule has 130 valence electrons. The van der Waals surface area contributed by atoms with E-state index in [1.54, 1.807) is 7.05 Å². The van der Waals surface area contributed by atoms with Gasteiger partial charge in [-0.15, -0.1) is 24.0 Å². The lowest BCUT2D eigenvalue weighted by atomic mass is 9.93. The molecule has 0 bridgehead atoms. The molecular formula is C15H31IN4OS. The highest BCUT2D eigenvalue weighted by atomic mass is 127. The molecule has 0 aromatic carbocycles. The predicted molar refractivity (Wildman–Crippen MR) is 107 cm³/mol. The van der Waals surface area contributed by atoms with Crippen LogP contribution in [-0.2, 0) is 4.79 Å². The number of carbonyl (C=O) groups is 1. The van der Waals surface area contributed by atoms with Crippen LogP contribution in [0.15, 0.2) is 4.99 Å². The molecule has 3 N–H and O–H groups in total. The maximum Gasteiger partial charge on any atom is 0.227 e. The molecule has 0 aliphatic heterocycles. The molecule has 7 heteroatoms. The maximum atomic E-state index is 11.8. The number of nitrogens with zero attached hydrogens (tertiary/aromatic N) is 1. The van der Waals surface area contributed by atoms with Crippen LogP contribution < -0.4 is 16.0 Å². The number of thioether (sulfide) groups is 1. The molecule has 1 fully saturated rings. The van der Waals surface area contributed by atoms with Crippen LogP contribution >= 0.6 is 35.7 Å². The van der Waals surface area contributed by atoms with Crippen molar-refractivity contribution in [1.29, 1.82) is 0 Å². The average Bonchev–Trinajstić information content (AvgIpc) is 2.91. The second kappa shape index (κ2) is 10.6. The number of halogens is 1. The van der Waals surface area contributed by atoms with Crippen LogP contribution in [-0.4, -0.2) is 49.6 Å². The minimum absolute atomic E-state index is 0. The largest absolute Gasteiger partial charge is 0.359 e. The van der Waals surface area contributed by atoms with Crippen molar-refractivity contribution in [3.8, 4) is 0 Å². The second-order valence-corrected chi connectivity index (χ2v) is 7.31. The Morgan fingerprint density at radius 2 is 2.05 bits per heavy atom. The summed E-state index contributed by atoms with van der Waals surface area (Å²) < 4.78 is 0. The minimum atomic E-state index is -0.491. The highest BCUT2D eigenvalue weighted by Gasteiger charge is 2.27. The quantitative estimate of drug-likeness (QED) is 0.335. The van der Waals surface area contributed by atoms with Gasteiger partial charge in [0.15, 0.2) is 5.96 Å². The van der Waals surface area contributed by atoms with Gasteiger partial charge in [0.2, 0.25) is 5.91 Å². The first kappa shape index (κ1) is 21.8. The molecule has 1 rings (SSSR count). The minimum Gasteiger partial charge on any atom is -0.359 e. The van der Waals surface area contributed by atoms with Gasteiger partial charge in [-0.25, -0.2) is 0 Å². The van der Waals surface area contributed by atoms with E-state index in [0.717, 1.165) is 17.8 Å². The first-order valence-corrected chi connectivity index (χ1v) is 9.01. The summed E-state index contributed by atoms with van der Waals surface area (Å²) in [6, 6.07) is 0.489. The van der Waals surface area contributed by atoms with Crippen LogP contribution in [0.5, 0.6) is 0 Å². The van der Waals surface area contributed by atoms with E-state index in [1.165, 1.54) is 19.3 Å². The van der Waals surface area contributed by atoms with Gasteiger partial charge in [-0.3, -0.25) is 9.79 Å². The summed E-state index contributed by atoms with van der Waals surface area (Å²) in [4.78, 5) is 16.4. The standard InChI is InChI=1S/C15H30N4OS.HI/c1-6-17-14(18-10-15(2,3)13(20)16-4)19-11-7-8-12(9-11)21-5;/h11-12H,6-10H2,1-5H3,(H,16,20)(H2,17,18,19);1H. The van der Waals surface area contributed by atoms with E-state index < -0.39 is 5.41 Å². The Morgan fingerprint density at radius 3 is 2.55 bits per heavy atom. The van der Waals surface area contributed by atoms with Gasteiger partial charge in [0.05, 0.1) is 12.0 Å². The second-order valence-electron chi connectivity index (χ2n) is 6.17. The Labute approximate surface area is 156 Å². The molecule has 0 heterocycles. The molecule has 1 aliphatic rings. The Morgan fingerprint density at radius 1 is 1.36 bits per heavy atom. The van der Waals surface area contributed by atoms with E-state index in [-0.39, 0.29) is 29.9 Å². The third-order valence-electron chi connectivity index (χ3n) is 3.88. The Hall–Kier alpha value is -0.180. The van der Waals surface area contributed by atoms with Gasteiger partial charge in [-0.1, -0.05) is 0 Å². The molecule has 5 nitrogen and oxygen atoms in total. The number of aliphatic imine (C=N–C) groups is 1. The topological polar surface area (TPSA) is 65.5 Å². The number of nitrogens with one attached hydrogen (secondary N) is 3. The van der Waals surface area contributed by atoms with Gasteiger partial charge in [0, 0.05) is 24.9 Å². The van der Waals surface area contributed by atoms with Crippen LogP contribution in [0.2, 0.25) is 0 Å².